The van der Waals surface area contributed by atoms with Crippen molar-refractivity contribution in [3.05, 3.63) is 29.3 Å². The zero-order chi connectivity index (χ0) is 16.9. The predicted octanol–water partition coefficient (Wildman–Crippen LogP) is 3.27. The Morgan fingerprint density at radius 1 is 1.17 bits per heavy atom. The summed E-state index contributed by atoms with van der Waals surface area (Å²) in [7, 11) is -3.34. The number of benzene rings is 1. The van der Waals surface area contributed by atoms with Gasteiger partial charge in [0.25, 0.3) is 0 Å². The highest BCUT2D eigenvalue weighted by Gasteiger charge is 2.24. The van der Waals surface area contributed by atoms with Crippen LogP contribution in [-0.4, -0.2) is 26.5 Å². The van der Waals surface area contributed by atoms with Gasteiger partial charge in [0, 0.05) is 12.0 Å². The van der Waals surface area contributed by atoms with Crippen LogP contribution >= 0.6 is 0 Å². The van der Waals surface area contributed by atoms with Gasteiger partial charge in [-0.2, -0.15) is 0 Å². The monoisotopic (exact) mass is 337 g/mol. The quantitative estimate of drug-likeness (QED) is 0.775. The van der Waals surface area contributed by atoms with Crippen molar-refractivity contribution in [2.75, 3.05) is 12.3 Å². The molecule has 0 atom stereocenters. The van der Waals surface area contributed by atoms with Crippen molar-refractivity contribution in [1.82, 2.24) is 0 Å². The summed E-state index contributed by atoms with van der Waals surface area (Å²) in [5.74, 6) is 0.422. The Morgan fingerprint density at radius 2 is 1.87 bits per heavy atom. The van der Waals surface area contributed by atoms with Crippen molar-refractivity contribution in [2.24, 2.45) is 11.7 Å². The van der Waals surface area contributed by atoms with E-state index in [0.717, 1.165) is 31.2 Å². The van der Waals surface area contributed by atoms with Crippen LogP contribution < -0.4 is 5.73 Å². The molecule has 0 saturated heterocycles. The van der Waals surface area contributed by atoms with Crippen LogP contribution in [0.4, 0.5) is 0 Å². The zero-order valence-electron chi connectivity index (χ0n) is 13.9. The summed E-state index contributed by atoms with van der Waals surface area (Å²) in [4.78, 5) is 12.5. The molecule has 0 radical (unpaired) electrons. The Morgan fingerprint density at radius 3 is 2.52 bits per heavy atom. The molecular weight excluding hydrogens is 310 g/mol. The molecule has 0 unspecified atom stereocenters. The third-order valence-electron chi connectivity index (χ3n) is 4.52. The molecule has 1 aliphatic carbocycles. The van der Waals surface area contributed by atoms with Crippen LogP contribution in [0.25, 0.3) is 0 Å². The molecule has 2 N–H and O–H groups in total. The molecule has 5 heteroatoms. The first-order valence-corrected chi connectivity index (χ1v) is 10.2. The second-order valence-electron chi connectivity index (χ2n) is 6.64. The second kappa shape index (κ2) is 8.06. The van der Waals surface area contributed by atoms with Crippen molar-refractivity contribution < 1.29 is 13.2 Å². The Labute approximate surface area is 139 Å². The lowest BCUT2D eigenvalue weighted by molar-refractivity contribution is 0.0980. The lowest BCUT2D eigenvalue weighted by Gasteiger charge is -2.21. The normalized spacial score (nSPS) is 16.4. The minimum atomic E-state index is -3.34. The lowest BCUT2D eigenvalue weighted by atomic mass is 9.91. The number of ketones is 1. The van der Waals surface area contributed by atoms with E-state index < -0.39 is 9.84 Å². The molecule has 1 aromatic rings. The predicted molar refractivity (Wildman–Crippen MR) is 92.4 cm³/mol. The zero-order valence-corrected chi connectivity index (χ0v) is 14.7. The van der Waals surface area contributed by atoms with Crippen molar-refractivity contribution >= 4 is 15.6 Å². The van der Waals surface area contributed by atoms with Crippen molar-refractivity contribution in [1.29, 1.82) is 0 Å². The SMILES string of the molecule is Cc1cc(C(=O)CCCN)cc(S(=O)(=O)CC2CCCCC2)c1. The van der Waals surface area contributed by atoms with Crippen LogP contribution in [0.15, 0.2) is 23.1 Å². The van der Waals surface area contributed by atoms with Gasteiger partial charge in [-0.15, -0.1) is 0 Å². The van der Waals surface area contributed by atoms with E-state index in [9.17, 15) is 13.2 Å². The lowest BCUT2D eigenvalue weighted by Crippen LogP contribution is -2.19. The maximum Gasteiger partial charge on any atom is 0.178 e. The topological polar surface area (TPSA) is 77.2 Å². The molecule has 1 saturated carbocycles. The molecule has 0 aliphatic heterocycles. The molecule has 1 aliphatic rings. The molecule has 1 aromatic carbocycles. The van der Waals surface area contributed by atoms with Crippen LogP contribution in [0.2, 0.25) is 0 Å². The van der Waals surface area contributed by atoms with Gasteiger partial charge >= 0.3 is 0 Å². The van der Waals surface area contributed by atoms with Crippen LogP contribution in [0.3, 0.4) is 0 Å². The molecule has 23 heavy (non-hydrogen) atoms. The van der Waals surface area contributed by atoms with Gasteiger partial charge in [-0.05, 0) is 62.4 Å². The molecule has 0 bridgehead atoms. The van der Waals surface area contributed by atoms with E-state index in [1.165, 1.54) is 6.42 Å². The summed E-state index contributed by atoms with van der Waals surface area (Å²) >= 11 is 0. The number of aryl methyl sites for hydroxylation is 1. The molecule has 0 spiro atoms. The van der Waals surface area contributed by atoms with E-state index >= 15 is 0 Å². The molecule has 0 aromatic heterocycles. The summed E-state index contributed by atoms with van der Waals surface area (Å²) in [6, 6.07) is 4.99. The fourth-order valence-corrected chi connectivity index (χ4v) is 5.07. The summed E-state index contributed by atoms with van der Waals surface area (Å²) in [6.07, 6.45) is 6.42. The van der Waals surface area contributed by atoms with E-state index in [-0.39, 0.29) is 17.5 Å². The minimum Gasteiger partial charge on any atom is -0.330 e. The van der Waals surface area contributed by atoms with Gasteiger partial charge in [0.15, 0.2) is 15.6 Å². The molecule has 0 heterocycles. The second-order valence-corrected chi connectivity index (χ2v) is 8.67. The number of sulfone groups is 1. The van der Waals surface area contributed by atoms with E-state index in [2.05, 4.69) is 0 Å². The summed E-state index contributed by atoms with van der Waals surface area (Å²) < 4.78 is 25.4. The third-order valence-corrected chi connectivity index (χ3v) is 6.38. The first-order valence-electron chi connectivity index (χ1n) is 8.50. The number of carbonyl (C=O) groups is 1. The highest BCUT2D eigenvalue weighted by atomic mass is 32.2. The van der Waals surface area contributed by atoms with Crippen LogP contribution in [0.1, 0.15) is 60.9 Å². The number of nitrogens with two attached hydrogens (primary N) is 1. The maximum absolute atomic E-state index is 12.7. The Kier molecular flexibility index (Phi) is 6.36. The molecule has 2 rings (SSSR count). The standard InChI is InChI=1S/C18H27NO3S/c1-14-10-16(18(20)8-5-9-19)12-17(11-14)23(21,22)13-15-6-3-2-4-7-15/h10-12,15H,2-9,13,19H2,1H3. The molecule has 128 valence electrons. The average molecular weight is 337 g/mol. The number of Topliss-reactive ketones (excluding diaryl/α,β-unsaturated/α-hetero) is 1. The third kappa shape index (κ3) is 5.15. The number of carbonyl (C=O) groups excluding carboxylic acids is 1. The molecule has 1 fully saturated rings. The van der Waals surface area contributed by atoms with Gasteiger partial charge in [-0.1, -0.05) is 19.3 Å². The number of rotatable bonds is 7. The fraction of sp³-hybridized carbons (Fsp3) is 0.611. The Hall–Kier alpha value is -1.20. The van der Waals surface area contributed by atoms with Gasteiger partial charge in [-0.25, -0.2) is 8.42 Å². The first-order chi connectivity index (χ1) is 10.9. The summed E-state index contributed by atoms with van der Waals surface area (Å²) in [6.45, 7) is 2.30. The van der Waals surface area contributed by atoms with E-state index in [0.29, 0.717) is 29.8 Å². The molecular formula is C18H27NO3S. The highest BCUT2D eigenvalue weighted by molar-refractivity contribution is 7.91. The van der Waals surface area contributed by atoms with Crippen LogP contribution in [0, 0.1) is 12.8 Å². The minimum absolute atomic E-state index is 0.0340. The van der Waals surface area contributed by atoms with E-state index in [1.54, 1.807) is 18.2 Å². The number of hydrogen-bond acceptors (Lipinski definition) is 4. The van der Waals surface area contributed by atoms with Crippen molar-refractivity contribution in [3.8, 4) is 0 Å². The van der Waals surface area contributed by atoms with E-state index in [1.807, 2.05) is 6.92 Å². The van der Waals surface area contributed by atoms with Gasteiger partial charge < -0.3 is 5.73 Å². The molecule has 4 nitrogen and oxygen atoms in total. The first kappa shape index (κ1) is 18.1. The van der Waals surface area contributed by atoms with Gasteiger partial charge in [0.2, 0.25) is 0 Å². The largest absolute Gasteiger partial charge is 0.330 e. The molecule has 0 amide bonds. The maximum atomic E-state index is 12.7. The van der Waals surface area contributed by atoms with Gasteiger partial charge in [0.05, 0.1) is 10.6 Å². The highest BCUT2D eigenvalue weighted by Crippen LogP contribution is 2.28. The van der Waals surface area contributed by atoms with Crippen LogP contribution in [-0.2, 0) is 9.84 Å². The van der Waals surface area contributed by atoms with Crippen molar-refractivity contribution in [2.45, 2.75) is 56.8 Å². The van der Waals surface area contributed by atoms with Crippen molar-refractivity contribution in [3.63, 3.8) is 0 Å². The number of hydrogen-bond donors (Lipinski definition) is 1. The summed E-state index contributed by atoms with van der Waals surface area (Å²) in [5.41, 5.74) is 6.74. The smallest absolute Gasteiger partial charge is 0.178 e. The summed E-state index contributed by atoms with van der Waals surface area (Å²) in [5, 5.41) is 0. The van der Waals surface area contributed by atoms with Gasteiger partial charge in [0.1, 0.15) is 0 Å². The van der Waals surface area contributed by atoms with Gasteiger partial charge in [-0.3, -0.25) is 4.79 Å². The Balaban J connectivity index is 2.20. The Bertz CT molecular complexity index is 646. The van der Waals surface area contributed by atoms with Crippen LogP contribution in [0.5, 0.6) is 0 Å². The fourth-order valence-electron chi connectivity index (χ4n) is 3.26. The average Bonchev–Trinajstić information content (AvgIpc) is 2.52. The van der Waals surface area contributed by atoms with E-state index in [4.69, 9.17) is 5.73 Å².